The van der Waals surface area contributed by atoms with E-state index in [-0.39, 0.29) is 12.5 Å². The molecule has 0 saturated heterocycles. The Morgan fingerprint density at radius 3 is 2.74 bits per heavy atom. The minimum atomic E-state index is -0.540. The zero-order chi connectivity index (χ0) is 22.1. The lowest BCUT2D eigenvalue weighted by Gasteiger charge is -2.08. The Balaban J connectivity index is 1.48. The smallest absolute Gasteiger partial charge is 0.336 e. The summed E-state index contributed by atoms with van der Waals surface area (Å²) in [7, 11) is 0. The van der Waals surface area contributed by atoms with Gasteiger partial charge in [0.1, 0.15) is 17.3 Å². The second kappa shape index (κ2) is 10.6. The Kier molecular flexibility index (Phi) is 7.37. The summed E-state index contributed by atoms with van der Waals surface area (Å²) in [6.07, 6.45) is 5.76. The number of hydrogen-bond donors (Lipinski definition) is 1. The molecule has 0 radical (unpaired) electrons. The molecule has 158 valence electrons. The number of hydrazone groups is 1. The van der Waals surface area contributed by atoms with E-state index in [1.807, 2.05) is 32.0 Å². The lowest BCUT2D eigenvalue weighted by atomic mass is 10.1. The van der Waals surface area contributed by atoms with Gasteiger partial charge in [0.15, 0.2) is 6.61 Å². The number of furan rings is 1. The van der Waals surface area contributed by atoms with Gasteiger partial charge in [0, 0.05) is 6.08 Å². The third kappa shape index (κ3) is 7.01. The van der Waals surface area contributed by atoms with Gasteiger partial charge in [0.2, 0.25) is 0 Å². The highest BCUT2D eigenvalue weighted by Gasteiger charge is 2.05. The molecule has 7 nitrogen and oxygen atoms in total. The van der Waals surface area contributed by atoms with Crippen molar-refractivity contribution >= 4 is 24.2 Å². The number of nitrogens with one attached hydrogen (secondary N) is 1. The molecule has 3 aromatic rings. The Bertz CT molecular complexity index is 1100. The number of aryl methyl sites for hydroxylation is 2. The van der Waals surface area contributed by atoms with Crippen LogP contribution in [0.25, 0.3) is 6.08 Å². The van der Waals surface area contributed by atoms with Crippen molar-refractivity contribution in [2.45, 2.75) is 13.8 Å². The number of amides is 1. The van der Waals surface area contributed by atoms with Crippen molar-refractivity contribution in [3.8, 4) is 11.5 Å². The number of carbonyl (C=O) groups excluding carboxylic acids is 2. The first kappa shape index (κ1) is 21.6. The molecule has 0 fully saturated rings. The number of esters is 1. The van der Waals surface area contributed by atoms with Crippen LogP contribution in [0.4, 0.5) is 0 Å². The third-order valence-electron chi connectivity index (χ3n) is 4.10. The molecule has 0 unspecified atom stereocenters. The highest BCUT2D eigenvalue weighted by Crippen LogP contribution is 2.18. The minimum Gasteiger partial charge on any atom is -0.483 e. The van der Waals surface area contributed by atoms with Crippen molar-refractivity contribution in [1.29, 1.82) is 0 Å². The predicted octanol–water partition coefficient (Wildman–Crippen LogP) is 4.04. The van der Waals surface area contributed by atoms with E-state index in [9.17, 15) is 9.59 Å². The van der Waals surface area contributed by atoms with Gasteiger partial charge in [-0.15, -0.1) is 0 Å². The van der Waals surface area contributed by atoms with Crippen LogP contribution in [0, 0.1) is 13.8 Å². The van der Waals surface area contributed by atoms with Gasteiger partial charge in [-0.2, -0.15) is 5.10 Å². The summed E-state index contributed by atoms with van der Waals surface area (Å²) in [5.74, 6) is 0.627. The molecular formula is C24H22N2O5. The van der Waals surface area contributed by atoms with Crippen molar-refractivity contribution in [2.24, 2.45) is 5.10 Å². The third-order valence-corrected chi connectivity index (χ3v) is 4.10. The summed E-state index contributed by atoms with van der Waals surface area (Å²) < 4.78 is 15.9. The molecule has 0 bridgehead atoms. The first-order chi connectivity index (χ1) is 15.0. The summed E-state index contributed by atoms with van der Waals surface area (Å²) in [5.41, 5.74) is 5.14. The number of benzene rings is 2. The van der Waals surface area contributed by atoms with Gasteiger partial charge >= 0.3 is 5.97 Å². The first-order valence-corrected chi connectivity index (χ1v) is 9.55. The maximum absolute atomic E-state index is 11.9. The van der Waals surface area contributed by atoms with Crippen LogP contribution in [0.15, 0.2) is 76.5 Å². The van der Waals surface area contributed by atoms with Gasteiger partial charge in [-0.25, -0.2) is 10.2 Å². The molecule has 31 heavy (non-hydrogen) atoms. The van der Waals surface area contributed by atoms with Gasteiger partial charge in [-0.1, -0.05) is 29.8 Å². The molecule has 0 aliphatic heterocycles. The van der Waals surface area contributed by atoms with E-state index in [4.69, 9.17) is 13.9 Å². The summed E-state index contributed by atoms with van der Waals surface area (Å²) in [5, 5.41) is 3.91. The Morgan fingerprint density at radius 1 is 1.10 bits per heavy atom. The van der Waals surface area contributed by atoms with Crippen LogP contribution < -0.4 is 14.9 Å². The van der Waals surface area contributed by atoms with Crippen LogP contribution in [-0.4, -0.2) is 24.7 Å². The monoisotopic (exact) mass is 418 g/mol. The highest BCUT2D eigenvalue weighted by molar-refractivity contribution is 5.89. The molecule has 1 aromatic heterocycles. The van der Waals surface area contributed by atoms with Crippen molar-refractivity contribution in [3.63, 3.8) is 0 Å². The molecule has 0 spiro atoms. The quantitative estimate of drug-likeness (QED) is 0.196. The van der Waals surface area contributed by atoms with Gasteiger partial charge < -0.3 is 13.9 Å². The van der Waals surface area contributed by atoms with E-state index in [1.54, 1.807) is 36.4 Å². The fourth-order valence-electron chi connectivity index (χ4n) is 2.66. The molecule has 2 aromatic carbocycles. The first-order valence-electron chi connectivity index (χ1n) is 9.55. The number of nitrogens with zero attached hydrogens (tertiary/aromatic N) is 1. The largest absolute Gasteiger partial charge is 0.483 e. The van der Waals surface area contributed by atoms with Crippen molar-refractivity contribution < 1.29 is 23.5 Å². The van der Waals surface area contributed by atoms with E-state index in [2.05, 4.69) is 10.5 Å². The maximum Gasteiger partial charge on any atom is 0.336 e. The minimum absolute atomic E-state index is 0.152. The molecule has 0 aliphatic rings. The second-order valence-corrected chi connectivity index (χ2v) is 6.69. The molecule has 1 N–H and O–H groups in total. The van der Waals surface area contributed by atoms with E-state index >= 15 is 0 Å². The van der Waals surface area contributed by atoms with Crippen LogP contribution in [-0.2, 0) is 9.59 Å². The molecular weight excluding hydrogens is 396 g/mol. The van der Waals surface area contributed by atoms with E-state index in [0.717, 1.165) is 11.1 Å². The second-order valence-electron chi connectivity index (χ2n) is 6.69. The van der Waals surface area contributed by atoms with Crippen LogP contribution in [0.3, 0.4) is 0 Å². The number of hydrogen-bond acceptors (Lipinski definition) is 6. The van der Waals surface area contributed by atoms with Gasteiger partial charge in [0.05, 0.1) is 12.5 Å². The fourth-order valence-corrected chi connectivity index (χ4v) is 2.66. The number of rotatable bonds is 8. The molecule has 0 aliphatic carbocycles. The zero-order valence-electron chi connectivity index (χ0n) is 17.2. The molecule has 7 heteroatoms. The van der Waals surface area contributed by atoms with E-state index in [0.29, 0.717) is 22.8 Å². The molecule has 1 heterocycles. The average Bonchev–Trinajstić information content (AvgIpc) is 3.26. The topological polar surface area (TPSA) is 90.1 Å². The number of ether oxygens (including phenoxy) is 2. The maximum atomic E-state index is 11.9. The summed E-state index contributed by atoms with van der Waals surface area (Å²) >= 11 is 0. The molecule has 3 rings (SSSR count). The van der Waals surface area contributed by atoms with E-state index < -0.39 is 5.97 Å². The molecule has 0 saturated carbocycles. The van der Waals surface area contributed by atoms with Gasteiger partial charge in [-0.3, -0.25) is 4.79 Å². The van der Waals surface area contributed by atoms with Crippen molar-refractivity contribution in [1.82, 2.24) is 5.43 Å². The summed E-state index contributed by atoms with van der Waals surface area (Å²) in [6, 6.07) is 15.9. The Hall–Kier alpha value is -4.13. The summed E-state index contributed by atoms with van der Waals surface area (Å²) in [6.45, 7) is 3.76. The molecule has 0 atom stereocenters. The van der Waals surface area contributed by atoms with Crippen LogP contribution in [0.2, 0.25) is 0 Å². The lowest BCUT2D eigenvalue weighted by molar-refractivity contribution is -0.129. The summed E-state index contributed by atoms with van der Waals surface area (Å²) in [4.78, 5) is 23.8. The standard InChI is InChI=1S/C24H22N2O5/c1-17-8-10-22(18(2)13-17)30-16-23(27)26-25-15-19-5-3-6-21(14-19)31-24(28)11-9-20-7-4-12-29-20/h3-15H,16H2,1-2H3,(H,26,27)/b11-9+,25-15+. The number of carbonyl (C=O) groups is 2. The SMILES string of the molecule is Cc1ccc(OCC(=O)N/N=C/c2cccc(OC(=O)/C=C/c3ccco3)c2)c(C)c1. The Morgan fingerprint density at radius 2 is 1.97 bits per heavy atom. The zero-order valence-corrected chi connectivity index (χ0v) is 17.2. The average molecular weight is 418 g/mol. The van der Waals surface area contributed by atoms with Crippen LogP contribution >= 0.6 is 0 Å². The molecule has 1 amide bonds. The predicted molar refractivity (Wildman–Crippen MR) is 117 cm³/mol. The fraction of sp³-hybridized carbons (Fsp3) is 0.125. The van der Waals surface area contributed by atoms with Crippen molar-refractivity contribution in [2.75, 3.05) is 6.61 Å². The highest BCUT2D eigenvalue weighted by atomic mass is 16.5. The van der Waals surface area contributed by atoms with Crippen LogP contribution in [0.5, 0.6) is 11.5 Å². The van der Waals surface area contributed by atoms with Gasteiger partial charge in [-0.05, 0) is 61.4 Å². The van der Waals surface area contributed by atoms with Gasteiger partial charge in [0.25, 0.3) is 5.91 Å². The lowest BCUT2D eigenvalue weighted by Crippen LogP contribution is -2.24. The normalized spacial score (nSPS) is 11.0. The van der Waals surface area contributed by atoms with Crippen molar-refractivity contribution in [3.05, 3.63) is 89.4 Å². The van der Waals surface area contributed by atoms with Crippen LogP contribution in [0.1, 0.15) is 22.5 Å². The Labute approximate surface area is 180 Å². The van der Waals surface area contributed by atoms with E-state index in [1.165, 1.54) is 24.6 Å².